The number of aromatic amines is 2. The number of ether oxygens (including phenoxy) is 2. The molecule has 1 saturated heterocycles. The minimum atomic E-state index is -0.0957. The number of fused-ring (bicyclic) bond motifs is 2. The Hall–Kier alpha value is -4.87. The summed E-state index contributed by atoms with van der Waals surface area (Å²) in [5, 5.41) is 4.00. The molecule has 0 saturated carbocycles. The van der Waals surface area contributed by atoms with Crippen molar-refractivity contribution in [2.24, 2.45) is 0 Å². The summed E-state index contributed by atoms with van der Waals surface area (Å²) in [5.41, 5.74) is 5.58. The number of likely N-dealkylation sites (tertiary alicyclic amines) is 1. The van der Waals surface area contributed by atoms with Crippen molar-refractivity contribution >= 4 is 39.2 Å². The molecule has 242 valence electrons. The van der Waals surface area contributed by atoms with Crippen LogP contribution in [0.15, 0.2) is 83.1 Å². The molecule has 0 atom stereocenters. The van der Waals surface area contributed by atoms with Crippen molar-refractivity contribution < 1.29 is 14.3 Å². The summed E-state index contributed by atoms with van der Waals surface area (Å²) >= 11 is 1.52. The maximum atomic E-state index is 13.6. The zero-order valence-corrected chi connectivity index (χ0v) is 27.4. The van der Waals surface area contributed by atoms with Gasteiger partial charge in [0.2, 0.25) is 0 Å². The van der Waals surface area contributed by atoms with E-state index in [-0.39, 0.29) is 17.6 Å². The summed E-state index contributed by atoms with van der Waals surface area (Å²) in [6.45, 7) is 3.20. The average molecular weight is 651 g/mol. The van der Waals surface area contributed by atoms with E-state index in [0.717, 1.165) is 64.4 Å². The van der Waals surface area contributed by atoms with Crippen LogP contribution >= 0.6 is 11.3 Å². The molecule has 10 nitrogen and oxygen atoms in total. The number of thiazole rings is 1. The second-order valence-corrected chi connectivity index (χ2v) is 12.9. The lowest BCUT2D eigenvalue weighted by molar-refractivity contribution is 0.0689. The molecule has 6 aromatic rings. The van der Waals surface area contributed by atoms with Crippen LogP contribution < -0.4 is 15.2 Å². The number of amides is 1. The lowest BCUT2D eigenvalue weighted by Crippen LogP contribution is -2.40. The van der Waals surface area contributed by atoms with E-state index in [1.165, 1.54) is 22.3 Å². The highest BCUT2D eigenvalue weighted by molar-refractivity contribution is 7.09. The molecular formula is C36H38N6O4S. The van der Waals surface area contributed by atoms with Gasteiger partial charge in [0.15, 0.2) is 0 Å². The summed E-state index contributed by atoms with van der Waals surface area (Å²) in [6, 6.07) is 22.1. The van der Waals surface area contributed by atoms with Gasteiger partial charge in [-0.2, -0.15) is 0 Å². The van der Waals surface area contributed by atoms with Gasteiger partial charge in [-0.1, -0.05) is 36.4 Å². The van der Waals surface area contributed by atoms with Crippen molar-refractivity contribution in [2.75, 3.05) is 33.9 Å². The average Bonchev–Trinajstić information content (AvgIpc) is 3.83. The quantitative estimate of drug-likeness (QED) is 0.178. The Morgan fingerprint density at radius 2 is 1.77 bits per heavy atom. The van der Waals surface area contributed by atoms with Crippen LogP contribution in [0.1, 0.15) is 45.5 Å². The Morgan fingerprint density at radius 3 is 2.57 bits per heavy atom. The molecule has 1 fully saturated rings. The van der Waals surface area contributed by atoms with Gasteiger partial charge in [-0.3, -0.25) is 14.3 Å². The number of nitrogens with zero attached hydrogens (tertiary/aromatic N) is 4. The Labute approximate surface area is 276 Å². The summed E-state index contributed by atoms with van der Waals surface area (Å²) in [4.78, 5) is 41.7. The van der Waals surface area contributed by atoms with Gasteiger partial charge in [-0.25, -0.2) is 9.78 Å². The Morgan fingerprint density at radius 1 is 0.979 bits per heavy atom. The van der Waals surface area contributed by atoms with E-state index >= 15 is 0 Å². The van der Waals surface area contributed by atoms with E-state index in [1.807, 2.05) is 63.4 Å². The molecular weight excluding hydrogens is 613 g/mol. The topological polar surface area (TPSA) is 108 Å². The molecule has 0 unspecified atom stereocenters. The zero-order valence-electron chi connectivity index (χ0n) is 26.6. The molecule has 0 bridgehead atoms. The van der Waals surface area contributed by atoms with E-state index in [0.29, 0.717) is 31.9 Å². The number of aromatic nitrogens is 4. The van der Waals surface area contributed by atoms with Crippen molar-refractivity contribution in [3.05, 3.63) is 111 Å². The molecule has 47 heavy (non-hydrogen) atoms. The molecule has 4 heterocycles. The van der Waals surface area contributed by atoms with Gasteiger partial charge in [0.25, 0.3) is 5.91 Å². The number of carbonyl (C=O) groups excluding carboxylic acids is 1. The van der Waals surface area contributed by atoms with Gasteiger partial charge in [0.05, 0.1) is 31.8 Å². The molecule has 11 heteroatoms. The fourth-order valence-electron chi connectivity index (χ4n) is 6.65. The van der Waals surface area contributed by atoms with E-state index < -0.39 is 0 Å². The van der Waals surface area contributed by atoms with Gasteiger partial charge in [0, 0.05) is 66.3 Å². The van der Waals surface area contributed by atoms with Crippen molar-refractivity contribution in [1.29, 1.82) is 0 Å². The van der Waals surface area contributed by atoms with Gasteiger partial charge in [-0.05, 0) is 49.1 Å². The maximum Gasteiger partial charge on any atom is 0.326 e. The summed E-state index contributed by atoms with van der Waals surface area (Å²) < 4.78 is 13.0. The minimum Gasteiger partial charge on any atom is -0.497 e. The maximum absolute atomic E-state index is 13.6. The van der Waals surface area contributed by atoms with E-state index in [4.69, 9.17) is 14.5 Å². The highest BCUT2D eigenvalue weighted by Crippen LogP contribution is 2.29. The van der Waals surface area contributed by atoms with Crippen molar-refractivity contribution in [2.45, 2.75) is 38.4 Å². The molecule has 1 aliphatic rings. The largest absolute Gasteiger partial charge is 0.497 e. The number of methoxy groups -OCH3 is 2. The fourth-order valence-corrected chi connectivity index (χ4v) is 7.46. The SMILES string of the molecule is COc1ccc(CN(CCc2c[nH]c3ccccc23)Cc2nc(C(=O)N3CCC(n4c(=O)[nH]c5ccccc54)CC3)cs2)c(OC)c1. The number of imidazole rings is 1. The number of hydrogen-bond acceptors (Lipinski definition) is 7. The third kappa shape index (κ3) is 6.41. The molecule has 0 spiro atoms. The molecule has 2 N–H and O–H groups in total. The molecule has 1 amide bonds. The van der Waals surface area contributed by atoms with E-state index in [1.54, 1.807) is 14.2 Å². The number of carbonyl (C=O) groups is 1. The van der Waals surface area contributed by atoms with Gasteiger partial charge >= 0.3 is 5.69 Å². The molecule has 3 aromatic heterocycles. The first kappa shape index (κ1) is 30.8. The number of hydrogen-bond donors (Lipinski definition) is 2. The second-order valence-electron chi connectivity index (χ2n) is 12.0. The van der Waals surface area contributed by atoms with Crippen LogP contribution in [0, 0.1) is 0 Å². The summed E-state index contributed by atoms with van der Waals surface area (Å²) in [6.07, 6.45) is 4.38. The smallest absolute Gasteiger partial charge is 0.326 e. The highest BCUT2D eigenvalue weighted by Gasteiger charge is 2.28. The third-order valence-electron chi connectivity index (χ3n) is 9.13. The predicted octanol–water partition coefficient (Wildman–Crippen LogP) is 6.01. The number of benzene rings is 3. The van der Waals surface area contributed by atoms with Crippen LogP contribution in [-0.2, 0) is 19.5 Å². The Bertz CT molecular complexity index is 2070. The molecule has 1 aliphatic heterocycles. The first-order valence-corrected chi connectivity index (χ1v) is 16.8. The van der Waals surface area contributed by atoms with Crippen LogP contribution in [0.4, 0.5) is 0 Å². The molecule has 0 radical (unpaired) electrons. The number of piperidine rings is 1. The molecule has 3 aromatic carbocycles. The minimum absolute atomic E-state index is 0.0503. The van der Waals surface area contributed by atoms with Crippen LogP contribution in [0.2, 0.25) is 0 Å². The van der Waals surface area contributed by atoms with Crippen LogP contribution in [0.25, 0.3) is 21.9 Å². The highest BCUT2D eigenvalue weighted by atomic mass is 32.1. The van der Waals surface area contributed by atoms with Gasteiger partial charge in [-0.15, -0.1) is 11.3 Å². The Balaban J connectivity index is 1.04. The summed E-state index contributed by atoms with van der Waals surface area (Å²) in [7, 11) is 3.32. The standard InChI is InChI=1S/C36H38N6O4S/c1-45-27-12-11-25(33(19-27)46-2)21-40(16-13-24-20-37-29-8-4-3-7-28(24)29)22-34-38-31(23-47-34)35(43)41-17-14-26(15-18-41)42-32-10-6-5-9-30(32)39-36(42)44/h3-12,19-20,23,26,37H,13-18,21-22H2,1-2H3,(H,39,44). The van der Waals surface area contributed by atoms with E-state index in [9.17, 15) is 9.59 Å². The lowest BCUT2D eigenvalue weighted by Gasteiger charge is -2.32. The van der Waals surface area contributed by atoms with Crippen LogP contribution in [0.3, 0.4) is 0 Å². The second kappa shape index (κ2) is 13.5. The summed E-state index contributed by atoms with van der Waals surface area (Å²) in [5.74, 6) is 1.46. The molecule has 7 rings (SSSR count). The first-order chi connectivity index (χ1) is 23.0. The number of rotatable bonds is 11. The van der Waals surface area contributed by atoms with E-state index in [2.05, 4.69) is 39.3 Å². The first-order valence-electron chi connectivity index (χ1n) is 15.9. The predicted molar refractivity (Wildman–Crippen MR) is 185 cm³/mol. The zero-order chi connectivity index (χ0) is 32.3. The lowest BCUT2D eigenvalue weighted by atomic mass is 10.0. The number of para-hydroxylation sites is 3. The normalized spacial score (nSPS) is 14.0. The van der Waals surface area contributed by atoms with Crippen molar-refractivity contribution in [1.82, 2.24) is 29.3 Å². The molecule has 0 aliphatic carbocycles. The third-order valence-corrected chi connectivity index (χ3v) is 9.96. The van der Waals surface area contributed by atoms with Crippen LogP contribution in [-0.4, -0.2) is 69.1 Å². The Kier molecular flexibility index (Phi) is 8.82. The van der Waals surface area contributed by atoms with Crippen LogP contribution in [0.5, 0.6) is 11.5 Å². The number of H-pyrrole nitrogens is 2. The van der Waals surface area contributed by atoms with Gasteiger partial charge < -0.3 is 24.3 Å². The van der Waals surface area contributed by atoms with Gasteiger partial charge in [0.1, 0.15) is 22.2 Å². The fraction of sp³-hybridized carbons (Fsp3) is 0.306. The monoisotopic (exact) mass is 650 g/mol. The van der Waals surface area contributed by atoms with Crippen molar-refractivity contribution in [3.63, 3.8) is 0 Å². The van der Waals surface area contributed by atoms with Crippen molar-refractivity contribution in [3.8, 4) is 11.5 Å². The number of nitrogens with one attached hydrogen (secondary N) is 2.